The highest BCUT2D eigenvalue weighted by atomic mass is 16.5. The van der Waals surface area contributed by atoms with Crippen molar-refractivity contribution >= 4 is 5.91 Å². The number of aromatic nitrogens is 1. The minimum absolute atomic E-state index is 0.0194. The van der Waals surface area contributed by atoms with Crippen molar-refractivity contribution in [3.63, 3.8) is 0 Å². The Bertz CT molecular complexity index is 665. The number of hydrogen-bond acceptors (Lipinski definition) is 5. The third-order valence-corrected chi connectivity index (χ3v) is 3.89. The number of amides is 1. The van der Waals surface area contributed by atoms with E-state index in [1.807, 2.05) is 24.3 Å². The molecule has 6 heteroatoms. The Balaban J connectivity index is 1.62. The van der Waals surface area contributed by atoms with E-state index in [1.54, 1.807) is 18.9 Å². The lowest BCUT2D eigenvalue weighted by molar-refractivity contribution is -0.0210. The van der Waals surface area contributed by atoms with Gasteiger partial charge in [-0.05, 0) is 17.7 Å². The van der Waals surface area contributed by atoms with E-state index in [4.69, 9.17) is 13.9 Å². The standard InChI is InChI=1S/C17H20N2O4/c1-12-18-16(11-23-12)17(20)19-7-8-22-15(10-19)9-13-3-5-14(21-2)6-4-13/h3-6,11,15H,7-10H2,1-2H3/t15-/m0/s1. The van der Waals surface area contributed by atoms with Gasteiger partial charge in [0.15, 0.2) is 11.6 Å². The number of carbonyl (C=O) groups excluding carboxylic acids is 1. The molecule has 1 saturated heterocycles. The number of rotatable bonds is 4. The fourth-order valence-corrected chi connectivity index (χ4v) is 2.68. The van der Waals surface area contributed by atoms with Gasteiger partial charge in [-0.1, -0.05) is 12.1 Å². The van der Waals surface area contributed by atoms with Crippen LogP contribution in [-0.4, -0.2) is 48.7 Å². The smallest absolute Gasteiger partial charge is 0.275 e. The fourth-order valence-electron chi connectivity index (χ4n) is 2.68. The largest absolute Gasteiger partial charge is 0.497 e. The zero-order chi connectivity index (χ0) is 16.2. The highest BCUT2D eigenvalue weighted by Gasteiger charge is 2.26. The summed E-state index contributed by atoms with van der Waals surface area (Å²) in [7, 11) is 1.65. The predicted molar refractivity (Wildman–Crippen MR) is 83.6 cm³/mol. The van der Waals surface area contributed by atoms with Crippen molar-refractivity contribution in [3.05, 3.63) is 47.7 Å². The van der Waals surface area contributed by atoms with Crippen LogP contribution in [0.15, 0.2) is 34.9 Å². The lowest BCUT2D eigenvalue weighted by Crippen LogP contribution is -2.46. The molecule has 2 aromatic rings. The lowest BCUT2D eigenvalue weighted by Gasteiger charge is -2.32. The molecule has 0 bridgehead atoms. The molecular weight excluding hydrogens is 296 g/mol. The van der Waals surface area contributed by atoms with E-state index in [1.165, 1.54) is 6.26 Å². The van der Waals surface area contributed by atoms with Gasteiger partial charge < -0.3 is 18.8 Å². The average molecular weight is 316 g/mol. The molecule has 23 heavy (non-hydrogen) atoms. The topological polar surface area (TPSA) is 64.8 Å². The number of carbonyl (C=O) groups is 1. The summed E-state index contributed by atoms with van der Waals surface area (Å²) in [6.45, 7) is 3.38. The van der Waals surface area contributed by atoms with E-state index in [0.29, 0.717) is 31.3 Å². The highest BCUT2D eigenvalue weighted by molar-refractivity contribution is 5.92. The Kier molecular flexibility index (Phi) is 4.62. The number of ether oxygens (including phenoxy) is 2. The molecule has 1 atom stereocenters. The van der Waals surface area contributed by atoms with Gasteiger partial charge in [0.25, 0.3) is 5.91 Å². The van der Waals surface area contributed by atoms with Gasteiger partial charge in [0, 0.05) is 26.4 Å². The molecule has 1 aromatic heterocycles. The maximum Gasteiger partial charge on any atom is 0.275 e. The molecule has 0 spiro atoms. The molecule has 0 radical (unpaired) electrons. The molecular formula is C17H20N2O4. The van der Waals surface area contributed by atoms with E-state index in [0.717, 1.165) is 17.7 Å². The Hall–Kier alpha value is -2.34. The number of hydrogen-bond donors (Lipinski definition) is 0. The summed E-state index contributed by atoms with van der Waals surface area (Å²) >= 11 is 0. The molecule has 0 N–H and O–H groups in total. The van der Waals surface area contributed by atoms with Crippen LogP contribution in [0.25, 0.3) is 0 Å². The molecule has 0 aliphatic carbocycles. The average Bonchev–Trinajstić information content (AvgIpc) is 3.01. The fraction of sp³-hybridized carbons (Fsp3) is 0.412. The quantitative estimate of drug-likeness (QED) is 0.864. The lowest BCUT2D eigenvalue weighted by atomic mass is 10.1. The van der Waals surface area contributed by atoms with E-state index in [9.17, 15) is 4.79 Å². The number of oxazole rings is 1. The first-order chi connectivity index (χ1) is 11.2. The van der Waals surface area contributed by atoms with Crippen LogP contribution in [-0.2, 0) is 11.2 Å². The summed E-state index contributed by atoms with van der Waals surface area (Å²) in [5, 5.41) is 0. The minimum Gasteiger partial charge on any atom is -0.497 e. The van der Waals surface area contributed by atoms with Crippen molar-refractivity contribution in [3.8, 4) is 5.75 Å². The molecule has 1 aliphatic rings. The van der Waals surface area contributed by atoms with Crippen molar-refractivity contribution in [2.45, 2.75) is 19.4 Å². The molecule has 1 fully saturated rings. The van der Waals surface area contributed by atoms with Crippen LogP contribution in [0.1, 0.15) is 21.9 Å². The predicted octanol–water partition coefficient (Wildman–Crippen LogP) is 2.08. The first-order valence-electron chi connectivity index (χ1n) is 7.61. The maximum absolute atomic E-state index is 12.4. The van der Waals surface area contributed by atoms with Crippen LogP contribution in [0.2, 0.25) is 0 Å². The Morgan fingerprint density at radius 1 is 1.39 bits per heavy atom. The van der Waals surface area contributed by atoms with Crippen LogP contribution in [0, 0.1) is 6.92 Å². The van der Waals surface area contributed by atoms with E-state index >= 15 is 0 Å². The van der Waals surface area contributed by atoms with Crippen LogP contribution < -0.4 is 4.74 Å². The molecule has 2 heterocycles. The molecule has 0 unspecified atom stereocenters. The minimum atomic E-state index is -0.107. The van der Waals surface area contributed by atoms with Crippen LogP contribution >= 0.6 is 0 Å². The molecule has 3 rings (SSSR count). The van der Waals surface area contributed by atoms with Gasteiger partial charge in [-0.2, -0.15) is 0 Å². The zero-order valence-electron chi connectivity index (χ0n) is 13.3. The summed E-state index contributed by atoms with van der Waals surface area (Å²) in [5.41, 5.74) is 1.51. The van der Waals surface area contributed by atoms with Crippen LogP contribution in [0.3, 0.4) is 0 Å². The number of morpholine rings is 1. The second kappa shape index (κ2) is 6.83. The number of benzene rings is 1. The third kappa shape index (κ3) is 3.71. The van der Waals surface area contributed by atoms with Gasteiger partial charge in [-0.3, -0.25) is 4.79 Å². The van der Waals surface area contributed by atoms with Gasteiger partial charge in [-0.15, -0.1) is 0 Å². The third-order valence-electron chi connectivity index (χ3n) is 3.89. The zero-order valence-corrected chi connectivity index (χ0v) is 13.3. The van der Waals surface area contributed by atoms with E-state index in [2.05, 4.69) is 4.98 Å². The van der Waals surface area contributed by atoms with Crippen molar-refractivity contribution in [1.29, 1.82) is 0 Å². The summed E-state index contributed by atoms with van der Waals surface area (Å²) in [5.74, 6) is 1.22. The van der Waals surface area contributed by atoms with Gasteiger partial charge in [0.2, 0.25) is 0 Å². The maximum atomic E-state index is 12.4. The number of methoxy groups -OCH3 is 1. The molecule has 0 saturated carbocycles. The molecule has 1 amide bonds. The van der Waals surface area contributed by atoms with E-state index in [-0.39, 0.29) is 12.0 Å². The summed E-state index contributed by atoms with van der Waals surface area (Å²) < 4.78 is 16.1. The normalized spacial score (nSPS) is 18.0. The summed E-state index contributed by atoms with van der Waals surface area (Å²) in [6, 6.07) is 7.90. The van der Waals surface area contributed by atoms with Crippen molar-refractivity contribution in [1.82, 2.24) is 9.88 Å². The Morgan fingerprint density at radius 2 is 2.17 bits per heavy atom. The van der Waals surface area contributed by atoms with Crippen LogP contribution in [0.5, 0.6) is 5.75 Å². The van der Waals surface area contributed by atoms with Crippen molar-refractivity contribution < 1.29 is 18.7 Å². The van der Waals surface area contributed by atoms with Crippen molar-refractivity contribution in [2.24, 2.45) is 0 Å². The molecule has 1 aromatic carbocycles. The number of aryl methyl sites for hydroxylation is 1. The first kappa shape index (κ1) is 15.6. The number of nitrogens with zero attached hydrogens (tertiary/aromatic N) is 2. The Labute approximate surface area is 135 Å². The molecule has 6 nitrogen and oxygen atoms in total. The Morgan fingerprint density at radius 3 is 2.83 bits per heavy atom. The van der Waals surface area contributed by atoms with Crippen molar-refractivity contribution in [2.75, 3.05) is 26.8 Å². The summed E-state index contributed by atoms with van der Waals surface area (Å²) in [4.78, 5) is 18.3. The molecule has 122 valence electrons. The first-order valence-corrected chi connectivity index (χ1v) is 7.61. The van der Waals surface area contributed by atoms with Gasteiger partial charge >= 0.3 is 0 Å². The molecule has 1 aliphatic heterocycles. The second-order valence-corrected chi connectivity index (χ2v) is 5.55. The van der Waals surface area contributed by atoms with Gasteiger partial charge in [0.05, 0.1) is 19.8 Å². The monoisotopic (exact) mass is 316 g/mol. The highest BCUT2D eigenvalue weighted by Crippen LogP contribution is 2.17. The second-order valence-electron chi connectivity index (χ2n) is 5.55. The van der Waals surface area contributed by atoms with Gasteiger partial charge in [0.1, 0.15) is 12.0 Å². The summed E-state index contributed by atoms with van der Waals surface area (Å²) in [6.07, 6.45) is 2.14. The van der Waals surface area contributed by atoms with Crippen LogP contribution in [0.4, 0.5) is 0 Å². The SMILES string of the molecule is COc1ccc(C[C@H]2CN(C(=O)c3coc(C)n3)CCO2)cc1. The van der Waals surface area contributed by atoms with Gasteiger partial charge in [-0.25, -0.2) is 4.98 Å². The van der Waals surface area contributed by atoms with E-state index < -0.39 is 0 Å².